The maximum absolute atomic E-state index is 9.61. The van der Waals surface area contributed by atoms with Crippen molar-refractivity contribution >= 4 is 0 Å². The average molecular weight is 441 g/mol. The number of hydrogen-bond acceptors (Lipinski definition) is 2. The maximum Gasteiger partial charge on any atom is 0.0745 e. The molecule has 0 aliphatic carbocycles. The van der Waals surface area contributed by atoms with Crippen LogP contribution < -0.4 is 0 Å². The lowest BCUT2D eigenvalue weighted by atomic mass is 9.91. The second-order valence-electron chi connectivity index (χ2n) is 10.2. The minimum absolute atomic E-state index is 0.346. The lowest BCUT2D eigenvalue weighted by molar-refractivity contribution is -0.0184. The molecule has 0 heterocycles. The second-order valence-corrected chi connectivity index (χ2v) is 10.2. The normalized spacial score (nSPS) is 14.6. The molecule has 0 aromatic carbocycles. The van der Waals surface area contributed by atoms with Gasteiger partial charge in [-0.1, -0.05) is 143 Å². The molecule has 0 saturated heterocycles. The fourth-order valence-corrected chi connectivity index (χ4v) is 4.64. The number of rotatable bonds is 25. The summed E-state index contributed by atoms with van der Waals surface area (Å²) in [4.78, 5) is 0. The summed E-state index contributed by atoms with van der Waals surface area (Å²) in [5.74, 6) is 0.787. The van der Waals surface area contributed by atoms with Gasteiger partial charge in [0.25, 0.3) is 0 Å². The summed E-state index contributed by atoms with van der Waals surface area (Å²) in [6.07, 6.45) is 28.8. The lowest BCUT2D eigenvalue weighted by Gasteiger charge is -2.24. The maximum atomic E-state index is 9.61. The quantitative estimate of drug-likeness (QED) is 0.143. The van der Waals surface area contributed by atoms with Gasteiger partial charge in [0.15, 0.2) is 0 Å². The molecule has 3 atom stereocenters. The molecule has 1 N–H and O–H groups in total. The fourth-order valence-electron chi connectivity index (χ4n) is 4.64. The van der Waals surface area contributed by atoms with Gasteiger partial charge in [0, 0.05) is 0 Å². The van der Waals surface area contributed by atoms with Crippen LogP contribution in [0.15, 0.2) is 0 Å². The fraction of sp³-hybridized carbons (Fsp3) is 1.00. The summed E-state index contributed by atoms with van der Waals surface area (Å²) in [5.41, 5.74) is 0. The van der Waals surface area contributed by atoms with E-state index < -0.39 is 0 Å². The molecule has 0 fully saturated rings. The Morgan fingerprint density at radius 3 is 1.45 bits per heavy atom. The minimum atomic E-state index is -0.348. The first-order chi connectivity index (χ1) is 15.1. The van der Waals surface area contributed by atoms with Crippen LogP contribution in [-0.4, -0.2) is 23.9 Å². The van der Waals surface area contributed by atoms with Gasteiger partial charge in [-0.2, -0.15) is 0 Å². The van der Waals surface area contributed by atoms with E-state index in [9.17, 15) is 5.11 Å². The van der Waals surface area contributed by atoms with Gasteiger partial charge in [0.1, 0.15) is 0 Å². The van der Waals surface area contributed by atoms with Crippen molar-refractivity contribution in [3.63, 3.8) is 0 Å². The van der Waals surface area contributed by atoms with Crippen LogP contribution in [0.4, 0.5) is 0 Å². The van der Waals surface area contributed by atoms with Crippen LogP contribution in [-0.2, 0) is 4.74 Å². The zero-order valence-electron chi connectivity index (χ0n) is 22.1. The molecular weight excluding hydrogens is 380 g/mol. The second kappa shape index (κ2) is 24.6. The van der Waals surface area contributed by atoms with Gasteiger partial charge in [0.2, 0.25) is 0 Å². The van der Waals surface area contributed by atoms with Gasteiger partial charge < -0.3 is 9.84 Å². The molecule has 0 saturated carbocycles. The topological polar surface area (TPSA) is 29.5 Å². The molecule has 31 heavy (non-hydrogen) atoms. The highest BCUT2D eigenvalue weighted by atomic mass is 16.5. The third-order valence-corrected chi connectivity index (χ3v) is 6.84. The number of hydrogen-bond donors (Lipinski definition) is 1. The Morgan fingerprint density at radius 2 is 1.03 bits per heavy atom. The highest BCUT2D eigenvalue weighted by molar-refractivity contribution is 4.67. The highest BCUT2D eigenvalue weighted by Crippen LogP contribution is 2.23. The molecule has 0 rings (SSSR count). The number of unbranched alkanes of at least 4 members (excludes halogenated alkanes) is 15. The van der Waals surface area contributed by atoms with E-state index in [1.807, 2.05) is 6.92 Å². The third kappa shape index (κ3) is 22.9. The van der Waals surface area contributed by atoms with Crippen molar-refractivity contribution in [3.05, 3.63) is 0 Å². The summed E-state index contributed by atoms with van der Waals surface area (Å²) >= 11 is 0. The van der Waals surface area contributed by atoms with E-state index >= 15 is 0 Å². The molecule has 0 aromatic rings. The van der Waals surface area contributed by atoms with Crippen molar-refractivity contribution in [1.82, 2.24) is 0 Å². The van der Waals surface area contributed by atoms with Crippen molar-refractivity contribution in [2.24, 2.45) is 5.92 Å². The molecule has 0 amide bonds. The molecule has 0 radical (unpaired) electrons. The first-order valence-corrected chi connectivity index (χ1v) is 14.4. The first-order valence-electron chi connectivity index (χ1n) is 14.4. The summed E-state index contributed by atoms with van der Waals surface area (Å²) in [5, 5.41) is 9.61. The molecule has 0 spiro atoms. The van der Waals surface area contributed by atoms with Crippen LogP contribution in [0.25, 0.3) is 0 Å². The average Bonchev–Trinajstić information content (AvgIpc) is 2.76. The number of aliphatic hydroxyl groups is 1. The summed E-state index contributed by atoms with van der Waals surface area (Å²) in [7, 11) is 0. The van der Waals surface area contributed by atoms with Crippen molar-refractivity contribution in [3.8, 4) is 0 Å². The lowest BCUT2D eigenvalue weighted by Crippen LogP contribution is -2.22. The zero-order chi connectivity index (χ0) is 23.0. The molecule has 0 bridgehead atoms. The minimum Gasteiger partial charge on any atom is -0.391 e. The SMILES string of the molecule is CCCCCCCCCCCCCCCCCC(CC(CC)CCCC)OCC(C)O. The number of ether oxygens (including phenoxy) is 1. The van der Waals surface area contributed by atoms with Crippen LogP contribution in [0.5, 0.6) is 0 Å². The largest absolute Gasteiger partial charge is 0.391 e. The Kier molecular flexibility index (Phi) is 24.5. The Balaban J connectivity index is 3.68. The van der Waals surface area contributed by atoms with Crippen LogP contribution >= 0.6 is 0 Å². The Hall–Kier alpha value is -0.0800. The van der Waals surface area contributed by atoms with E-state index in [2.05, 4.69) is 20.8 Å². The molecular formula is C29H60O2. The molecule has 188 valence electrons. The zero-order valence-corrected chi connectivity index (χ0v) is 22.1. The van der Waals surface area contributed by atoms with Crippen LogP contribution in [0.1, 0.15) is 163 Å². The van der Waals surface area contributed by atoms with Gasteiger partial charge in [-0.25, -0.2) is 0 Å². The highest BCUT2D eigenvalue weighted by Gasteiger charge is 2.16. The van der Waals surface area contributed by atoms with Crippen molar-refractivity contribution in [2.75, 3.05) is 6.61 Å². The van der Waals surface area contributed by atoms with Gasteiger partial charge >= 0.3 is 0 Å². The molecule has 0 aromatic heterocycles. The Labute approximate surface area is 197 Å². The van der Waals surface area contributed by atoms with E-state index in [1.165, 1.54) is 135 Å². The van der Waals surface area contributed by atoms with Crippen molar-refractivity contribution in [2.45, 2.75) is 175 Å². The van der Waals surface area contributed by atoms with Gasteiger partial charge in [-0.3, -0.25) is 0 Å². The number of aliphatic hydroxyl groups excluding tert-OH is 1. The van der Waals surface area contributed by atoms with Crippen LogP contribution in [0, 0.1) is 5.92 Å². The van der Waals surface area contributed by atoms with Crippen molar-refractivity contribution < 1.29 is 9.84 Å². The summed E-state index contributed by atoms with van der Waals surface area (Å²) < 4.78 is 6.08. The Morgan fingerprint density at radius 1 is 0.581 bits per heavy atom. The van der Waals surface area contributed by atoms with E-state index in [1.54, 1.807) is 0 Å². The Bertz CT molecular complexity index is 329. The van der Waals surface area contributed by atoms with Gasteiger partial charge in [-0.05, 0) is 25.7 Å². The summed E-state index contributed by atoms with van der Waals surface area (Å²) in [6, 6.07) is 0. The first kappa shape index (κ1) is 30.9. The van der Waals surface area contributed by atoms with E-state index in [4.69, 9.17) is 4.74 Å². The molecule has 2 heteroatoms. The standard InChI is InChI=1S/C29H60O2/c1-5-8-10-11-12-13-14-15-16-17-18-19-20-21-22-24-29(31-26-27(4)30)25-28(7-3)23-9-6-2/h27-30H,5-26H2,1-4H3. The molecule has 3 unspecified atom stereocenters. The monoisotopic (exact) mass is 440 g/mol. The predicted molar refractivity (Wildman–Crippen MR) is 139 cm³/mol. The summed E-state index contributed by atoms with van der Waals surface area (Å²) in [6.45, 7) is 9.22. The molecule has 0 aliphatic heterocycles. The van der Waals surface area contributed by atoms with E-state index in [-0.39, 0.29) is 6.10 Å². The molecule has 0 aliphatic rings. The van der Waals surface area contributed by atoms with Gasteiger partial charge in [-0.15, -0.1) is 0 Å². The van der Waals surface area contributed by atoms with Gasteiger partial charge in [0.05, 0.1) is 18.8 Å². The molecule has 2 nitrogen and oxygen atoms in total. The smallest absolute Gasteiger partial charge is 0.0745 e. The third-order valence-electron chi connectivity index (χ3n) is 6.84. The van der Waals surface area contributed by atoms with Crippen molar-refractivity contribution in [1.29, 1.82) is 0 Å². The van der Waals surface area contributed by atoms with E-state index in [0.29, 0.717) is 12.7 Å². The van der Waals surface area contributed by atoms with E-state index in [0.717, 1.165) is 5.92 Å². The van der Waals surface area contributed by atoms with Crippen LogP contribution in [0.3, 0.4) is 0 Å². The van der Waals surface area contributed by atoms with Crippen LogP contribution in [0.2, 0.25) is 0 Å². The predicted octanol–water partition coefficient (Wildman–Crippen LogP) is 9.62.